The molecule has 0 saturated heterocycles. The summed E-state index contributed by atoms with van der Waals surface area (Å²) in [6.07, 6.45) is 6.21. The van der Waals surface area contributed by atoms with E-state index >= 15 is 0 Å². The molecule has 1 aliphatic rings. The van der Waals surface area contributed by atoms with Crippen LogP contribution >= 0.6 is 0 Å². The van der Waals surface area contributed by atoms with Gasteiger partial charge in [0.1, 0.15) is 7.85 Å². The molecule has 0 bridgehead atoms. The summed E-state index contributed by atoms with van der Waals surface area (Å²) < 4.78 is 0. The van der Waals surface area contributed by atoms with Crippen molar-refractivity contribution in [2.24, 2.45) is 0 Å². The second-order valence-corrected chi connectivity index (χ2v) is 16.6. The minimum atomic E-state index is -0.267. The summed E-state index contributed by atoms with van der Waals surface area (Å²) in [6.45, 7) is 13.2. The zero-order valence-corrected chi connectivity index (χ0v) is 35.9. The molecule has 2 radical (unpaired) electrons. The van der Waals surface area contributed by atoms with Crippen LogP contribution in [0.2, 0.25) is 0 Å². The van der Waals surface area contributed by atoms with E-state index in [9.17, 15) is 0 Å². The van der Waals surface area contributed by atoms with E-state index in [0.717, 1.165) is 78.3 Å². The van der Waals surface area contributed by atoms with Crippen LogP contribution < -0.4 is 16.1 Å². The summed E-state index contributed by atoms with van der Waals surface area (Å²) in [7, 11) is 7.46. The Morgan fingerprint density at radius 3 is 1.84 bits per heavy atom. The Hall–Kier alpha value is -7.36. The highest BCUT2D eigenvalue weighted by Gasteiger charge is 2.39. The standard InChI is InChI=1S/C59H49BN2/c1-6-19-54(46(7-2)42-24-15-10-16-25-42)62(58-52(60)35-34-51-57(58)48-26-17-18-27-50(48)59(51,4)5)55-38-45(41-22-13-9-14-23-41)36-49(56(55)43-30-28-39(3)29-31-43)47-33-32-44(37-53(47)61)40-20-11-8-12-21-40/h6-38H,1,61H2,2-5H3/b46-7-,54-19+. The Balaban J connectivity index is 1.46. The predicted molar refractivity (Wildman–Crippen MR) is 267 cm³/mol. The van der Waals surface area contributed by atoms with Crippen LogP contribution in [-0.2, 0) is 5.41 Å². The fourth-order valence-electron chi connectivity index (χ4n) is 9.33. The van der Waals surface area contributed by atoms with Gasteiger partial charge in [0.25, 0.3) is 0 Å². The molecule has 3 heteroatoms. The first-order valence-corrected chi connectivity index (χ1v) is 21.3. The number of hydrogen-bond donors (Lipinski definition) is 1. The van der Waals surface area contributed by atoms with Gasteiger partial charge in [-0.1, -0.05) is 207 Å². The number of rotatable bonds is 10. The molecule has 1 aliphatic carbocycles. The van der Waals surface area contributed by atoms with Gasteiger partial charge < -0.3 is 10.6 Å². The smallest absolute Gasteiger partial charge is 0.116 e. The predicted octanol–water partition coefficient (Wildman–Crippen LogP) is 14.7. The van der Waals surface area contributed by atoms with E-state index in [1.165, 1.54) is 22.3 Å². The maximum Gasteiger partial charge on any atom is 0.116 e. The molecule has 0 atom stereocenters. The van der Waals surface area contributed by atoms with Crippen LogP contribution in [0.5, 0.6) is 0 Å². The van der Waals surface area contributed by atoms with Crippen LogP contribution in [0.1, 0.15) is 43.0 Å². The number of nitrogens with zero attached hydrogens (tertiary/aromatic N) is 1. The lowest BCUT2D eigenvalue weighted by Gasteiger charge is -2.36. The van der Waals surface area contributed by atoms with Crippen LogP contribution in [0.3, 0.4) is 0 Å². The van der Waals surface area contributed by atoms with Crippen molar-refractivity contribution in [2.75, 3.05) is 10.6 Å². The zero-order valence-electron chi connectivity index (χ0n) is 35.9. The third-order valence-corrected chi connectivity index (χ3v) is 12.4. The fourth-order valence-corrected chi connectivity index (χ4v) is 9.33. The minimum Gasteiger partial charge on any atom is -0.398 e. The molecule has 62 heavy (non-hydrogen) atoms. The molecule has 8 aromatic carbocycles. The number of nitrogens with two attached hydrogens (primary N) is 1. The van der Waals surface area contributed by atoms with E-state index in [1.54, 1.807) is 0 Å². The Kier molecular flexibility index (Phi) is 10.7. The topological polar surface area (TPSA) is 29.3 Å². The first kappa shape index (κ1) is 40.1. The number of hydrogen-bond acceptors (Lipinski definition) is 2. The van der Waals surface area contributed by atoms with Gasteiger partial charge in [0.2, 0.25) is 0 Å². The second-order valence-electron chi connectivity index (χ2n) is 16.6. The van der Waals surface area contributed by atoms with Crippen LogP contribution in [-0.4, -0.2) is 7.85 Å². The largest absolute Gasteiger partial charge is 0.398 e. The lowest BCUT2D eigenvalue weighted by atomic mass is 9.80. The number of nitrogen functional groups attached to an aromatic ring is 1. The summed E-state index contributed by atoms with van der Waals surface area (Å²) >= 11 is 0. The van der Waals surface area contributed by atoms with Crippen molar-refractivity contribution in [3.63, 3.8) is 0 Å². The van der Waals surface area contributed by atoms with Gasteiger partial charge in [0.15, 0.2) is 0 Å². The lowest BCUT2D eigenvalue weighted by molar-refractivity contribution is 0.660. The van der Waals surface area contributed by atoms with E-state index in [0.29, 0.717) is 11.2 Å². The maximum absolute atomic E-state index is 7.46. The third-order valence-electron chi connectivity index (χ3n) is 12.4. The average Bonchev–Trinajstić information content (AvgIpc) is 3.54. The van der Waals surface area contributed by atoms with Gasteiger partial charge >= 0.3 is 0 Å². The molecule has 8 aromatic rings. The minimum absolute atomic E-state index is 0.267. The van der Waals surface area contributed by atoms with Gasteiger partial charge in [-0.15, -0.1) is 0 Å². The summed E-state index contributed by atoms with van der Waals surface area (Å²) in [4.78, 5) is 2.41. The summed E-state index contributed by atoms with van der Waals surface area (Å²) in [5, 5.41) is 0. The van der Waals surface area contributed by atoms with E-state index in [1.807, 2.05) is 12.1 Å². The normalized spacial score (nSPS) is 13.0. The van der Waals surface area contributed by atoms with E-state index in [4.69, 9.17) is 13.6 Å². The van der Waals surface area contributed by atoms with E-state index in [-0.39, 0.29) is 5.41 Å². The Morgan fingerprint density at radius 1 is 0.581 bits per heavy atom. The van der Waals surface area contributed by atoms with Gasteiger partial charge in [-0.2, -0.15) is 0 Å². The van der Waals surface area contributed by atoms with Gasteiger partial charge in [-0.05, 0) is 93.8 Å². The molecular formula is C59H49BN2. The molecule has 0 aliphatic heterocycles. The van der Waals surface area contributed by atoms with Crippen molar-refractivity contribution in [3.8, 4) is 55.6 Å². The van der Waals surface area contributed by atoms with Crippen molar-refractivity contribution >= 4 is 35.9 Å². The Morgan fingerprint density at radius 2 is 1.19 bits per heavy atom. The molecule has 2 nitrogen and oxygen atoms in total. The summed E-state index contributed by atoms with van der Waals surface area (Å²) in [6, 6.07) is 64.7. The van der Waals surface area contributed by atoms with Crippen LogP contribution in [0, 0.1) is 6.92 Å². The van der Waals surface area contributed by atoms with Crippen LogP contribution in [0.4, 0.5) is 17.1 Å². The maximum atomic E-state index is 7.46. The van der Waals surface area contributed by atoms with Crippen molar-refractivity contribution in [1.29, 1.82) is 0 Å². The average molecular weight is 797 g/mol. The van der Waals surface area contributed by atoms with Gasteiger partial charge in [0, 0.05) is 39.1 Å². The van der Waals surface area contributed by atoms with Crippen LogP contribution in [0.15, 0.2) is 212 Å². The molecule has 0 unspecified atom stereocenters. The molecule has 298 valence electrons. The SMILES string of the molecule is [B]c1ccc2c(c1N(C(=C/C=C)/C(=C\C)c1ccccc1)c1cc(-c3ccccc3)cc(-c3ccc(-c4ccccc4)cc3N)c1-c1ccc(C)cc1)-c1ccccc1C2(C)C. The lowest BCUT2D eigenvalue weighted by Crippen LogP contribution is -2.27. The molecule has 0 fully saturated rings. The molecule has 0 amide bonds. The number of fused-ring (bicyclic) bond motifs is 3. The molecule has 0 spiro atoms. The van der Waals surface area contributed by atoms with Crippen molar-refractivity contribution < 1.29 is 0 Å². The molecule has 0 saturated carbocycles. The monoisotopic (exact) mass is 796 g/mol. The molecule has 9 rings (SSSR count). The number of allylic oxidation sites excluding steroid dienone is 4. The molecule has 0 heterocycles. The summed E-state index contributed by atoms with van der Waals surface area (Å²) in [5.74, 6) is 0. The fraction of sp³-hybridized carbons (Fsp3) is 0.0847. The van der Waals surface area contributed by atoms with Crippen molar-refractivity contribution in [1.82, 2.24) is 0 Å². The quantitative estimate of drug-likeness (QED) is 0.0848. The first-order chi connectivity index (χ1) is 30.2. The highest BCUT2D eigenvalue weighted by atomic mass is 15.2. The van der Waals surface area contributed by atoms with Gasteiger partial charge in [-0.3, -0.25) is 0 Å². The third kappa shape index (κ3) is 7.10. The first-order valence-electron chi connectivity index (χ1n) is 21.3. The Bertz CT molecular complexity index is 3010. The highest BCUT2D eigenvalue weighted by Crippen LogP contribution is 2.56. The summed E-state index contributed by atoms with van der Waals surface area (Å²) in [5.41, 5.74) is 27.6. The van der Waals surface area contributed by atoms with Crippen molar-refractivity contribution in [3.05, 3.63) is 235 Å². The van der Waals surface area contributed by atoms with Gasteiger partial charge in [-0.25, -0.2) is 0 Å². The Labute approximate surface area is 368 Å². The second kappa shape index (κ2) is 16.6. The number of anilines is 3. The molecule has 0 aromatic heterocycles. The number of benzene rings is 8. The highest BCUT2D eigenvalue weighted by molar-refractivity contribution is 6.38. The van der Waals surface area contributed by atoms with Gasteiger partial charge in [0.05, 0.1) is 11.4 Å². The van der Waals surface area contributed by atoms with Crippen LogP contribution in [0.25, 0.3) is 61.2 Å². The number of aryl methyl sites for hydroxylation is 1. The molecule has 2 N–H and O–H groups in total. The zero-order chi connectivity index (χ0) is 43.0. The van der Waals surface area contributed by atoms with Crippen molar-refractivity contribution in [2.45, 2.75) is 33.1 Å². The molecular weight excluding hydrogens is 747 g/mol. The van der Waals surface area contributed by atoms with E-state index < -0.39 is 0 Å². The van der Waals surface area contributed by atoms with E-state index in [2.05, 4.69) is 227 Å².